The predicted molar refractivity (Wildman–Crippen MR) is 144 cm³/mol. The van der Waals surface area contributed by atoms with Gasteiger partial charge in [0.1, 0.15) is 6.61 Å². The summed E-state index contributed by atoms with van der Waals surface area (Å²) in [6.07, 6.45) is 13.1. The molecule has 196 valence electrons. The number of benzene rings is 1. The molecule has 3 aromatic rings. The van der Waals surface area contributed by atoms with Crippen LogP contribution in [0.4, 0.5) is 5.69 Å². The molecule has 0 bridgehead atoms. The predicted octanol–water partition coefficient (Wildman–Crippen LogP) is 4.94. The van der Waals surface area contributed by atoms with Gasteiger partial charge in [-0.3, -0.25) is 19.3 Å². The van der Waals surface area contributed by atoms with Gasteiger partial charge in [-0.25, -0.2) is 0 Å². The number of hydrogen-bond acceptors (Lipinski definition) is 5. The van der Waals surface area contributed by atoms with Crippen LogP contribution in [0, 0.1) is 0 Å². The minimum absolute atomic E-state index is 0.0169. The number of aryl methyl sites for hydroxylation is 1. The van der Waals surface area contributed by atoms with E-state index in [4.69, 9.17) is 4.74 Å². The molecule has 0 spiro atoms. The fraction of sp³-hybridized carbons (Fsp3) is 0.448. The summed E-state index contributed by atoms with van der Waals surface area (Å²) in [6, 6.07) is 10.0. The lowest BCUT2D eigenvalue weighted by molar-refractivity contribution is -0.122. The van der Waals surface area contributed by atoms with Gasteiger partial charge < -0.3 is 14.5 Å². The number of aromatic nitrogens is 3. The second-order valence-corrected chi connectivity index (χ2v) is 9.55. The molecule has 0 atom stereocenters. The Bertz CT molecular complexity index is 1180. The highest BCUT2D eigenvalue weighted by atomic mass is 16.5. The van der Waals surface area contributed by atoms with Crippen LogP contribution in [0.5, 0.6) is 0 Å². The number of rotatable bonds is 6. The lowest BCUT2D eigenvalue weighted by Crippen LogP contribution is -2.37. The van der Waals surface area contributed by atoms with Crippen LogP contribution in [0.1, 0.15) is 61.4 Å². The Kier molecular flexibility index (Phi) is 9.43. The number of pyridine rings is 1. The van der Waals surface area contributed by atoms with Crippen LogP contribution in [-0.4, -0.2) is 58.3 Å². The van der Waals surface area contributed by atoms with Gasteiger partial charge in [0, 0.05) is 57.6 Å². The number of fused-ring (bicyclic) bond motifs is 1. The van der Waals surface area contributed by atoms with Gasteiger partial charge in [-0.15, -0.1) is 0 Å². The largest absolute Gasteiger partial charge is 0.375 e. The maximum atomic E-state index is 13.7. The topological polar surface area (TPSA) is 80.6 Å². The molecule has 0 N–H and O–H groups in total. The summed E-state index contributed by atoms with van der Waals surface area (Å²) < 4.78 is 7.03. The molecule has 1 aromatic carbocycles. The quantitative estimate of drug-likeness (QED) is 0.476. The van der Waals surface area contributed by atoms with E-state index in [-0.39, 0.29) is 18.4 Å². The fourth-order valence-electron chi connectivity index (χ4n) is 4.84. The van der Waals surface area contributed by atoms with Crippen molar-refractivity contribution in [2.24, 2.45) is 0 Å². The number of methoxy groups -OCH3 is 1. The molecule has 0 saturated heterocycles. The summed E-state index contributed by atoms with van der Waals surface area (Å²) in [5.74, 6) is -0.111. The Labute approximate surface area is 219 Å². The molecule has 4 rings (SSSR count). The number of nitrogens with zero attached hydrogens (tertiary/aromatic N) is 5. The monoisotopic (exact) mass is 503 g/mol. The molecule has 0 unspecified atom stereocenters. The van der Waals surface area contributed by atoms with E-state index in [0.717, 1.165) is 67.4 Å². The Morgan fingerprint density at radius 2 is 1.81 bits per heavy atom. The van der Waals surface area contributed by atoms with Gasteiger partial charge in [0.25, 0.3) is 11.8 Å². The van der Waals surface area contributed by atoms with E-state index in [9.17, 15) is 9.59 Å². The summed E-state index contributed by atoms with van der Waals surface area (Å²) in [4.78, 5) is 34.8. The third kappa shape index (κ3) is 6.83. The van der Waals surface area contributed by atoms with E-state index in [1.807, 2.05) is 51.1 Å². The molecule has 37 heavy (non-hydrogen) atoms. The van der Waals surface area contributed by atoms with E-state index in [0.29, 0.717) is 25.2 Å². The average molecular weight is 504 g/mol. The Hall–Kier alpha value is -3.52. The van der Waals surface area contributed by atoms with Crippen LogP contribution in [0.15, 0.2) is 55.1 Å². The van der Waals surface area contributed by atoms with Gasteiger partial charge in [-0.1, -0.05) is 38.3 Å². The van der Waals surface area contributed by atoms with Gasteiger partial charge in [0.05, 0.1) is 11.8 Å². The number of hydrogen-bond donors (Lipinski definition) is 0. The summed E-state index contributed by atoms with van der Waals surface area (Å²) >= 11 is 0. The zero-order valence-electron chi connectivity index (χ0n) is 21.9. The first-order valence-electron chi connectivity index (χ1n) is 13.2. The minimum Gasteiger partial charge on any atom is -0.375 e. The lowest BCUT2D eigenvalue weighted by atomic mass is 10.0. The van der Waals surface area contributed by atoms with Crippen molar-refractivity contribution in [2.45, 2.75) is 58.5 Å². The second kappa shape index (κ2) is 13.1. The van der Waals surface area contributed by atoms with Crippen molar-refractivity contribution in [1.82, 2.24) is 19.7 Å². The molecular weight excluding hydrogens is 466 g/mol. The molecule has 3 heterocycles. The number of carbonyl (C=O) groups excluding carboxylic acids is 2. The first-order valence-corrected chi connectivity index (χ1v) is 13.2. The maximum Gasteiger partial charge on any atom is 0.257 e. The molecular formula is C29H37N5O3. The molecule has 0 saturated carbocycles. The Balaban J connectivity index is 1.75. The van der Waals surface area contributed by atoms with Crippen molar-refractivity contribution in [2.75, 3.05) is 31.7 Å². The minimum atomic E-state index is -0.0753. The molecule has 1 aliphatic rings. The first kappa shape index (κ1) is 26.5. The lowest BCUT2D eigenvalue weighted by Gasteiger charge is -2.29. The van der Waals surface area contributed by atoms with Gasteiger partial charge >= 0.3 is 0 Å². The molecule has 8 nitrogen and oxygen atoms in total. The van der Waals surface area contributed by atoms with E-state index in [1.54, 1.807) is 19.5 Å². The van der Waals surface area contributed by atoms with Crippen molar-refractivity contribution >= 4 is 17.5 Å². The van der Waals surface area contributed by atoms with Gasteiger partial charge in [-0.2, -0.15) is 5.10 Å². The zero-order valence-corrected chi connectivity index (χ0v) is 21.9. The van der Waals surface area contributed by atoms with E-state index in [1.165, 1.54) is 0 Å². The first-order chi connectivity index (χ1) is 18.1. The fourth-order valence-corrected chi connectivity index (χ4v) is 4.84. The van der Waals surface area contributed by atoms with Gasteiger partial charge in [0.2, 0.25) is 0 Å². The number of ether oxygens (including phenoxy) is 1. The van der Waals surface area contributed by atoms with Gasteiger partial charge in [-0.05, 0) is 54.2 Å². The molecule has 0 radical (unpaired) electrons. The van der Waals surface area contributed by atoms with E-state index < -0.39 is 0 Å². The molecule has 2 amide bonds. The summed E-state index contributed by atoms with van der Waals surface area (Å²) in [5, 5.41) is 4.37. The Morgan fingerprint density at radius 3 is 2.57 bits per heavy atom. The van der Waals surface area contributed by atoms with Crippen LogP contribution in [-0.2, 0) is 22.6 Å². The van der Waals surface area contributed by atoms with Crippen LogP contribution in [0.3, 0.4) is 0 Å². The average Bonchev–Trinajstić information content (AvgIpc) is 3.38. The Morgan fingerprint density at radius 1 is 1.00 bits per heavy atom. The van der Waals surface area contributed by atoms with Crippen molar-refractivity contribution in [3.05, 3.63) is 66.2 Å². The van der Waals surface area contributed by atoms with Crippen LogP contribution in [0.25, 0.3) is 11.1 Å². The SMILES string of the molecule is CCCn1cc(C(=O)N2CCCCCCCN(C(=O)COC)c3ccc(-c4cccnc4)cc3C2)cn1. The van der Waals surface area contributed by atoms with Crippen molar-refractivity contribution in [3.63, 3.8) is 0 Å². The third-order valence-electron chi connectivity index (χ3n) is 6.73. The summed E-state index contributed by atoms with van der Waals surface area (Å²) in [5.41, 5.74) is 4.35. The van der Waals surface area contributed by atoms with Crippen molar-refractivity contribution in [3.8, 4) is 11.1 Å². The third-order valence-corrected chi connectivity index (χ3v) is 6.73. The van der Waals surface area contributed by atoms with Crippen LogP contribution in [0.2, 0.25) is 0 Å². The van der Waals surface area contributed by atoms with E-state index >= 15 is 0 Å². The van der Waals surface area contributed by atoms with Crippen molar-refractivity contribution in [1.29, 1.82) is 0 Å². The number of carbonyl (C=O) groups is 2. The maximum absolute atomic E-state index is 13.7. The van der Waals surface area contributed by atoms with E-state index in [2.05, 4.69) is 23.1 Å². The second-order valence-electron chi connectivity index (χ2n) is 9.55. The molecule has 8 heteroatoms. The number of anilines is 1. The van der Waals surface area contributed by atoms with Crippen LogP contribution >= 0.6 is 0 Å². The molecule has 0 fully saturated rings. The zero-order chi connectivity index (χ0) is 26.0. The van der Waals surface area contributed by atoms with Gasteiger partial charge in [0.15, 0.2) is 0 Å². The highest BCUT2D eigenvalue weighted by Gasteiger charge is 2.24. The van der Waals surface area contributed by atoms with Crippen LogP contribution < -0.4 is 4.90 Å². The normalized spacial score (nSPS) is 15.0. The summed E-state index contributed by atoms with van der Waals surface area (Å²) in [7, 11) is 1.54. The molecule has 0 aliphatic carbocycles. The number of amides is 2. The smallest absolute Gasteiger partial charge is 0.257 e. The summed E-state index contributed by atoms with van der Waals surface area (Å²) in [6.45, 7) is 4.56. The highest BCUT2D eigenvalue weighted by Crippen LogP contribution is 2.30. The molecule has 1 aliphatic heterocycles. The van der Waals surface area contributed by atoms with Crippen molar-refractivity contribution < 1.29 is 14.3 Å². The molecule has 2 aromatic heterocycles. The standard InChI is InChI=1S/C29H37N5O3/c1-3-14-33-21-26(19-31-33)29(36)32-15-7-5-4-6-8-16-34(28(35)22-37-2)27-12-11-23(17-25(27)20-32)24-10-9-13-30-18-24/h9-13,17-19,21H,3-8,14-16,20,22H2,1-2H3. The highest BCUT2D eigenvalue weighted by molar-refractivity contribution is 5.96.